The lowest BCUT2D eigenvalue weighted by Crippen LogP contribution is -2.30. The van der Waals surface area contributed by atoms with E-state index in [0.29, 0.717) is 12.1 Å². The molecule has 0 bridgehead atoms. The van der Waals surface area contributed by atoms with E-state index in [2.05, 4.69) is 0 Å². The van der Waals surface area contributed by atoms with Gasteiger partial charge in [0.15, 0.2) is 5.43 Å². The van der Waals surface area contributed by atoms with Crippen molar-refractivity contribution in [2.45, 2.75) is 6.42 Å². The van der Waals surface area contributed by atoms with Crippen LogP contribution in [0.1, 0.15) is 11.1 Å². The van der Waals surface area contributed by atoms with Crippen molar-refractivity contribution in [1.82, 2.24) is 0 Å². The standard InChI is InChI=1S/C21H14N2O4/c22-11-14(21(26)23-8-7-13-3-1-2-4-18(13)23)9-15-12-27-19-6-5-16(24)10-17(19)20(15)25/h1-6,9-10,12,24H,7-8H2. The van der Waals surface area contributed by atoms with Gasteiger partial charge in [0, 0.05) is 12.2 Å². The SMILES string of the molecule is N#CC(=Cc1coc2ccc(O)cc2c1=O)C(=O)N1CCc2ccccc21. The number of rotatable bonds is 2. The lowest BCUT2D eigenvalue weighted by Gasteiger charge is -2.16. The molecule has 0 unspecified atom stereocenters. The molecule has 0 aliphatic carbocycles. The van der Waals surface area contributed by atoms with E-state index in [-0.39, 0.29) is 22.3 Å². The van der Waals surface area contributed by atoms with Gasteiger partial charge in [-0.3, -0.25) is 9.59 Å². The molecule has 0 fully saturated rings. The number of phenols is 1. The maximum atomic E-state index is 12.8. The van der Waals surface area contributed by atoms with Crippen LogP contribution in [0.2, 0.25) is 0 Å². The highest BCUT2D eigenvalue weighted by atomic mass is 16.3. The Morgan fingerprint density at radius 3 is 2.89 bits per heavy atom. The summed E-state index contributed by atoms with van der Waals surface area (Å²) in [5.74, 6) is -0.529. The molecule has 0 atom stereocenters. The highest BCUT2D eigenvalue weighted by Gasteiger charge is 2.26. The van der Waals surface area contributed by atoms with E-state index in [4.69, 9.17) is 4.42 Å². The Labute approximate surface area is 154 Å². The van der Waals surface area contributed by atoms with Gasteiger partial charge in [-0.2, -0.15) is 5.26 Å². The fourth-order valence-electron chi connectivity index (χ4n) is 3.23. The van der Waals surface area contributed by atoms with Crippen LogP contribution < -0.4 is 10.3 Å². The van der Waals surface area contributed by atoms with E-state index in [1.54, 1.807) is 4.90 Å². The van der Waals surface area contributed by atoms with Crippen LogP contribution in [0.5, 0.6) is 5.75 Å². The zero-order chi connectivity index (χ0) is 19.0. The summed E-state index contributed by atoms with van der Waals surface area (Å²) in [6.45, 7) is 0.484. The number of amides is 1. The van der Waals surface area contributed by atoms with E-state index in [1.165, 1.54) is 30.5 Å². The summed E-state index contributed by atoms with van der Waals surface area (Å²) >= 11 is 0. The summed E-state index contributed by atoms with van der Waals surface area (Å²) in [5, 5.41) is 19.2. The van der Waals surface area contributed by atoms with Gasteiger partial charge >= 0.3 is 0 Å². The Kier molecular flexibility index (Phi) is 3.98. The van der Waals surface area contributed by atoms with Crippen molar-refractivity contribution in [2.24, 2.45) is 0 Å². The number of anilines is 1. The van der Waals surface area contributed by atoms with Crippen LogP contribution in [0.15, 0.2) is 63.5 Å². The first-order valence-corrected chi connectivity index (χ1v) is 8.34. The van der Waals surface area contributed by atoms with Crippen LogP contribution >= 0.6 is 0 Å². The van der Waals surface area contributed by atoms with Gasteiger partial charge in [-0.05, 0) is 42.3 Å². The van der Waals surface area contributed by atoms with Crippen LogP contribution in [0.25, 0.3) is 17.0 Å². The Morgan fingerprint density at radius 2 is 2.07 bits per heavy atom. The fraction of sp³-hybridized carbons (Fsp3) is 0.0952. The topological polar surface area (TPSA) is 94.5 Å². The third-order valence-corrected chi connectivity index (χ3v) is 4.57. The molecule has 1 aliphatic rings. The van der Waals surface area contributed by atoms with Gasteiger partial charge in [-0.25, -0.2) is 0 Å². The van der Waals surface area contributed by atoms with Crippen LogP contribution in [-0.4, -0.2) is 17.6 Å². The molecule has 0 saturated carbocycles. The van der Waals surface area contributed by atoms with E-state index >= 15 is 0 Å². The number of hydrogen-bond donors (Lipinski definition) is 1. The number of nitrogens with zero attached hydrogens (tertiary/aromatic N) is 2. The summed E-state index contributed by atoms with van der Waals surface area (Å²) < 4.78 is 5.40. The number of aromatic hydroxyl groups is 1. The average molecular weight is 358 g/mol. The summed E-state index contributed by atoms with van der Waals surface area (Å²) in [6, 6.07) is 13.6. The molecular formula is C21H14N2O4. The molecule has 1 N–H and O–H groups in total. The van der Waals surface area contributed by atoms with E-state index in [0.717, 1.165) is 17.7 Å². The fourth-order valence-corrected chi connectivity index (χ4v) is 3.23. The third kappa shape index (κ3) is 2.85. The molecule has 0 saturated heterocycles. The van der Waals surface area contributed by atoms with Crippen LogP contribution in [0, 0.1) is 11.3 Å². The molecule has 3 aromatic rings. The van der Waals surface area contributed by atoms with Crippen molar-refractivity contribution in [3.05, 3.63) is 75.7 Å². The zero-order valence-electron chi connectivity index (χ0n) is 14.2. The van der Waals surface area contributed by atoms with E-state index in [1.807, 2.05) is 30.3 Å². The Morgan fingerprint density at radius 1 is 1.26 bits per heavy atom. The normalized spacial score (nSPS) is 13.4. The average Bonchev–Trinajstić information content (AvgIpc) is 3.11. The van der Waals surface area contributed by atoms with Gasteiger partial charge in [0.1, 0.15) is 29.2 Å². The van der Waals surface area contributed by atoms with Gasteiger partial charge in [0.05, 0.1) is 10.9 Å². The molecule has 2 aromatic carbocycles. The van der Waals surface area contributed by atoms with Gasteiger partial charge in [0.2, 0.25) is 0 Å². The smallest absolute Gasteiger partial charge is 0.268 e. The number of hydrogen-bond acceptors (Lipinski definition) is 5. The van der Waals surface area contributed by atoms with E-state index in [9.17, 15) is 20.0 Å². The highest BCUT2D eigenvalue weighted by Crippen LogP contribution is 2.29. The summed E-state index contributed by atoms with van der Waals surface area (Å²) in [7, 11) is 0. The van der Waals surface area contributed by atoms with Gasteiger partial charge in [-0.15, -0.1) is 0 Å². The number of carbonyl (C=O) groups is 1. The highest BCUT2D eigenvalue weighted by molar-refractivity contribution is 6.12. The predicted octanol–water partition coefficient (Wildman–Crippen LogP) is 2.99. The third-order valence-electron chi connectivity index (χ3n) is 4.57. The molecule has 27 heavy (non-hydrogen) atoms. The number of para-hydroxylation sites is 1. The maximum absolute atomic E-state index is 12.8. The predicted molar refractivity (Wildman–Crippen MR) is 100 cm³/mol. The van der Waals surface area contributed by atoms with Crippen LogP contribution in [-0.2, 0) is 11.2 Å². The van der Waals surface area contributed by atoms with Gasteiger partial charge in [-0.1, -0.05) is 18.2 Å². The van der Waals surface area contributed by atoms with Crippen molar-refractivity contribution in [1.29, 1.82) is 5.26 Å². The molecule has 1 amide bonds. The zero-order valence-corrected chi connectivity index (χ0v) is 14.2. The first-order valence-electron chi connectivity index (χ1n) is 8.34. The maximum Gasteiger partial charge on any atom is 0.268 e. The first kappa shape index (κ1) is 16.6. The number of nitriles is 1. The molecule has 1 aromatic heterocycles. The minimum Gasteiger partial charge on any atom is -0.508 e. The monoisotopic (exact) mass is 358 g/mol. The van der Waals surface area contributed by atoms with Crippen molar-refractivity contribution < 1.29 is 14.3 Å². The van der Waals surface area contributed by atoms with Crippen LogP contribution in [0.3, 0.4) is 0 Å². The van der Waals surface area contributed by atoms with Crippen molar-refractivity contribution in [3.63, 3.8) is 0 Å². The molecule has 132 valence electrons. The van der Waals surface area contributed by atoms with E-state index < -0.39 is 11.3 Å². The number of fused-ring (bicyclic) bond motifs is 2. The van der Waals surface area contributed by atoms with Crippen LogP contribution in [0.4, 0.5) is 5.69 Å². The second kappa shape index (κ2) is 6.46. The minimum atomic E-state index is -0.460. The Balaban J connectivity index is 1.75. The molecule has 6 heteroatoms. The molecule has 1 aliphatic heterocycles. The number of benzene rings is 2. The summed E-state index contributed by atoms with van der Waals surface area (Å²) in [6.07, 6.45) is 3.17. The minimum absolute atomic E-state index is 0.0683. The lowest BCUT2D eigenvalue weighted by molar-refractivity contribution is -0.114. The largest absolute Gasteiger partial charge is 0.508 e. The van der Waals surface area contributed by atoms with Crippen molar-refractivity contribution in [3.8, 4) is 11.8 Å². The molecule has 2 heterocycles. The molecule has 4 rings (SSSR count). The van der Waals surface area contributed by atoms with Crippen molar-refractivity contribution in [2.75, 3.05) is 11.4 Å². The molecule has 0 spiro atoms. The van der Waals surface area contributed by atoms with Gasteiger partial charge < -0.3 is 14.4 Å². The number of phenolic OH excluding ortho intramolecular Hbond substituents is 1. The second-order valence-corrected chi connectivity index (χ2v) is 6.21. The molecule has 0 radical (unpaired) electrons. The quantitative estimate of drug-likeness (QED) is 0.561. The second-order valence-electron chi connectivity index (χ2n) is 6.21. The van der Waals surface area contributed by atoms with Crippen molar-refractivity contribution >= 4 is 28.6 Å². The molecular weight excluding hydrogens is 344 g/mol. The number of carbonyl (C=O) groups excluding carboxylic acids is 1. The Hall–Kier alpha value is -3.85. The summed E-state index contributed by atoms with van der Waals surface area (Å²) in [4.78, 5) is 27.0. The Bertz CT molecular complexity index is 1200. The first-order chi connectivity index (χ1) is 13.1. The lowest BCUT2D eigenvalue weighted by atomic mass is 10.1. The summed E-state index contributed by atoms with van der Waals surface area (Å²) in [5.41, 5.74) is 1.63. The molecule has 6 nitrogen and oxygen atoms in total. The van der Waals surface area contributed by atoms with Gasteiger partial charge in [0.25, 0.3) is 5.91 Å².